The maximum atomic E-state index is 12.2. The van der Waals surface area contributed by atoms with E-state index >= 15 is 0 Å². The van der Waals surface area contributed by atoms with Gasteiger partial charge in [0, 0.05) is 5.69 Å². The SMILES string of the molecule is COc1ccc(NC(=O)C2(N)CCCCC2)cc1Cl. The first-order valence-electron chi connectivity index (χ1n) is 6.49. The van der Waals surface area contributed by atoms with Gasteiger partial charge in [-0.05, 0) is 31.0 Å². The van der Waals surface area contributed by atoms with Crippen LogP contribution in [0.2, 0.25) is 5.02 Å². The lowest BCUT2D eigenvalue weighted by Crippen LogP contribution is -2.52. The van der Waals surface area contributed by atoms with Crippen LogP contribution in [0.15, 0.2) is 18.2 Å². The molecule has 2 rings (SSSR count). The van der Waals surface area contributed by atoms with Gasteiger partial charge in [0.2, 0.25) is 5.91 Å². The van der Waals surface area contributed by atoms with Crippen molar-refractivity contribution in [2.45, 2.75) is 37.6 Å². The number of nitrogens with two attached hydrogens (primary N) is 1. The lowest BCUT2D eigenvalue weighted by molar-refractivity contribution is -0.122. The number of hydrogen-bond donors (Lipinski definition) is 2. The molecule has 5 heteroatoms. The molecule has 0 radical (unpaired) electrons. The molecule has 1 aromatic carbocycles. The van der Waals surface area contributed by atoms with Crippen LogP contribution < -0.4 is 15.8 Å². The first-order valence-corrected chi connectivity index (χ1v) is 6.87. The van der Waals surface area contributed by atoms with Crippen LogP contribution in [0.3, 0.4) is 0 Å². The van der Waals surface area contributed by atoms with Crippen LogP contribution in [0.25, 0.3) is 0 Å². The van der Waals surface area contributed by atoms with Crippen LogP contribution in [-0.4, -0.2) is 18.6 Å². The number of rotatable bonds is 3. The molecule has 0 unspecified atom stereocenters. The summed E-state index contributed by atoms with van der Waals surface area (Å²) >= 11 is 6.03. The zero-order chi connectivity index (χ0) is 13.9. The number of carbonyl (C=O) groups is 1. The quantitative estimate of drug-likeness (QED) is 0.896. The normalized spacial score (nSPS) is 17.8. The fourth-order valence-corrected chi connectivity index (χ4v) is 2.67. The molecule has 19 heavy (non-hydrogen) atoms. The van der Waals surface area contributed by atoms with Gasteiger partial charge in [-0.2, -0.15) is 0 Å². The van der Waals surface area contributed by atoms with Crippen molar-refractivity contribution in [1.29, 1.82) is 0 Å². The number of halogens is 1. The van der Waals surface area contributed by atoms with Gasteiger partial charge in [0.1, 0.15) is 5.75 Å². The number of amides is 1. The van der Waals surface area contributed by atoms with E-state index in [1.165, 1.54) is 0 Å². The summed E-state index contributed by atoms with van der Waals surface area (Å²) in [6, 6.07) is 5.15. The zero-order valence-electron chi connectivity index (χ0n) is 11.0. The van der Waals surface area contributed by atoms with Gasteiger partial charge in [-0.25, -0.2) is 0 Å². The molecule has 1 saturated carbocycles. The number of nitrogens with one attached hydrogen (secondary N) is 1. The number of ether oxygens (including phenoxy) is 1. The molecular formula is C14H19ClN2O2. The predicted octanol–water partition coefficient (Wildman–Crippen LogP) is 2.95. The van der Waals surface area contributed by atoms with Crippen LogP contribution in [0.1, 0.15) is 32.1 Å². The van der Waals surface area contributed by atoms with E-state index in [2.05, 4.69) is 5.32 Å². The van der Waals surface area contributed by atoms with Crippen molar-refractivity contribution in [2.75, 3.05) is 12.4 Å². The minimum absolute atomic E-state index is 0.131. The van der Waals surface area contributed by atoms with Crippen molar-refractivity contribution >= 4 is 23.2 Å². The Balaban J connectivity index is 2.08. The summed E-state index contributed by atoms with van der Waals surface area (Å²) in [5.41, 5.74) is 6.07. The van der Waals surface area contributed by atoms with Gasteiger partial charge in [0.05, 0.1) is 17.7 Å². The third-order valence-electron chi connectivity index (χ3n) is 3.61. The molecule has 104 valence electrons. The Labute approximate surface area is 118 Å². The van der Waals surface area contributed by atoms with Gasteiger partial charge >= 0.3 is 0 Å². The highest BCUT2D eigenvalue weighted by Gasteiger charge is 2.35. The predicted molar refractivity (Wildman–Crippen MR) is 76.6 cm³/mol. The van der Waals surface area contributed by atoms with E-state index in [0.717, 1.165) is 32.1 Å². The summed E-state index contributed by atoms with van der Waals surface area (Å²) in [5, 5.41) is 3.31. The van der Waals surface area contributed by atoms with Crippen LogP contribution in [0.5, 0.6) is 5.75 Å². The monoisotopic (exact) mass is 282 g/mol. The maximum absolute atomic E-state index is 12.2. The lowest BCUT2D eigenvalue weighted by atomic mass is 9.82. The maximum Gasteiger partial charge on any atom is 0.244 e. The van der Waals surface area contributed by atoms with Crippen molar-refractivity contribution in [3.63, 3.8) is 0 Å². The Kier molecular flexibility index (Phi) is 4.32. The molecule has 0 atom stereocenters. The van der Waals surface area contributed by atoms with E-state index < -0.39 is 5.54 Å². The molecule has 0 bridgehead atoms. The highest BCUT2D eigenvalue weighted by Crippen LogP contribution is 2.30. The largest absolute Gasteiger partial charge is 0.495 e. The third kappa shape index (κ3) is 3.19. The summed E-state index contributed by atoms with van der Waals surface area (Å²) in [7, 11) is 1.55. The van der Waals surface area contributed by atoms with E-state index in [1.807, 2.05) is 0 Å². The van der Waals surface area contributed by atoms with Gasteiger partial charge in [0.15, 0.2) is 0 Å². The van der Waals surface area contributed by atoms with Gasteiger partial charge in [-0.1, -0.05) is 30.9 Å². The van der Waals surface area contributed by atoms with Crippen LogP contribution in [0.4, 0.5) is 5.69 Å². The molecule has 4 nitrogen and oxygen atoms in total. The van der Waals surface area contributed by atoms with Crippen LogP contribution >= 0.6 is 11.6 Å². The summed E-state index contributed by atoms with van der Waals surface area (Å²) in [5.74, 6) is 0.452. The van der Waals surface area contributed by atoms with Gasteiger partial charge in [-0.3, -0.25) is 4.79 Å². The highest BCUT2D eigenvalue weighted by atomic mass is 35.5. The Morgan fingerprint density at radius 2 is 2.05 bits per heavy atom. The molecule has 1 amide bonds. The number of benzene rings is 1. The summed E-state index contributed by atoms with van der Waals surface area (Å²) in [4.78, 5) is 12.2. The number of methoxy groups -OCH3 is 1. The third-order valence-corrected chi connectivity index (χ3v) is 3.90. The molecule has 1 fully saturated rings. The molecule has 0 aliphatic heterocycles. The molecule has 3 N–H and O–H groups in total. The van der Waals surface area contributed by atoms with Crippen molar-refractivity contribution in [3.05, 3.63) is 23.2 Å². The zero-order valence-corrected chi connectivity index (χ0v) is 11.8. The molecule has 0 saturated heterocycles. The average Bonchev–Trinajstić information content (AvgIpc) is 2.40. The molecule has 0 aromatic heterocycles. The Bertz CT molecular complexity index is 471. The second-order valence-electron chi connectivity index (χ2n) is 5.02. The first-order chi connectivity index (χ1) is 9.05. The molecule has 1 aliphatic carbocycles. The van der Waals surface area contributed by atoms with Gasteiger partial charge < -0.3 is 15.8 Å². The second kappa shape index (κ2) is 5.80. The average molecular weight is 283 g/mol. The number of carbonyl (C=O) groups excluding carboxylic acids is 1. The van der Waals surface area contributed by atoms with Crippen molar-refractivity contribution < 1.29 is 9.53 Å². The minimum Gasteiger partial charge on any atom is -0.495 e. The summed E-state index contributed by atoms with van der Waals surface area (Å²) in [6.45, 7) is 0. The molecule has 0 heterocycles. The highest BCUT2D eigenvalue weighted by molar-refractivity contribution is 6.32. The van der Waals surface area contributed by atoms with Crippen molar-refractivity contribution in [1.82, 2.24) is 0 Å². The topological polar surface area (TPSA) is 64.3 Å². The van der Waals surface area contributed by atoms with Crippen LogP contribution in [-0.2, 0) is 4.79 Å². The smallest absolute Gasteiger partial charge is 0.244 e. The van der Waals surface area contributed by atoms with Crippen LogP contribution in [0, 0.1) is 0 Å². The van der Waals surface area contributed by atoms with Gasteiger partial charge in [0.25, 0.3) is 0 Å². The van der Waals surface area contributed by atoms with E-state index in [0.29, 0.717) is 16.5 Å². The van der Waals surface area contributed by atoms with Crippen molar-refractivity contribution in [3.8, 4) is 5.75 Å². The molecule has 1 aliphatic rings. The molecule has 0 spiro atoms. The Morgan fingerprint density at radius 1 is 1.37 bits per heavy atom. The van der Waals surface area contributed by atoms with E-state index in [1.54, 1.807) is 25.3 Å². The fourth-order valence-electron chi connectivity index (χ4n) is 2.41. The minimum atomic E-state index is -0.745. The first kappa shape index (κ1) is 14.2. The summed E-state index contributed by atoms with van der Waals surface area (Å²) in [6.07, 6.45) is 4.65. The van der Waals surface area contributed by atoms with E-state index in [9.17, 15) is 4.79 Å². The summed E-state index contributed by atoms with van der Waals surface area (Å²) < 4.78 is 5.07. The standard InChI is InChI=1S/C14H19ClN2O2/c1-19-12-6-5-10(9-11(12)15)17-13(18)14(16)7-3-2-4-8-14/h5-6,9H,2-4,7-8,16H2,1H3,(H,17,18). The lowest BCUT2D eigenvalue weighted by Gasteiger charge is -2.31. The van der Waals surface area contributed by atoms with Gasteiger partial charge in [-0.15, -0.1) is 0 Å². The Morgan fingerprint density at radius 3 is 2.63 bits per heavy atom. The van der Waals surface area contributed by atoms with Crippen molar-refractivity contribution in [2.24, 2.45) is 5.73 Å². The second-order valence-corrected chi connectivity index (χ2v) is 5.43. The molecular weight excluding hydrogens is 264 g/mol. The molecule has 1 aromatic rings. The fraction of sp³-hybridized carbons (Fsp3) is 0.500. The number of anilines is 1. The Hall–Kier alpha value is -1.26. The van der Waals surface area contributed by atoms with E-state index in [-0.39, 0.29) is 5.91 Å². The number of hydrogen-bond acceptors (Lipinski definition) is 3. The van der Waals surface area contributed by atoms with E-state index in [4.69, 9.17) is 22.1 Å².